The molecule has 6 heteroatoms. The van der Waals surface area contributed by atoms with Crippen LogP contribution in [0.4, 0.5) is 4.79 Å². The first kappa shape index (κ1) is 14.8. The summed E-state index contributed by atoms with van der Waals surface area (Å²) in [5.74, 6) is 0.713. The molecule has 1 saturated heterocycles. The van der Waals surface area contributed by atoms with E-state index in [9.17, 15) is 9.59 Å². The zero-order valence-corrected chi connectivity index (χ0v) is 11.3. The van der Waals surface area contributed by atoms with Gasteiger partial charge in [-0.15, -0.1) is 0 Å². The summed E-state index contributed by atoms with van der Waals surface area (Å²) in [4.78, 5) is 24.2. The van der Waals surface area contributed by atoms with Crippen molar-refractivity contribution in [2.24, 2.45) is 5.92 Å². The molecule has 6 nitrogen and oxygen atoms in total. The number of carbonyl (C=O) groups excluding carboxylic acids is 2. The summed E-state index contributed by atoms with van der Waals surface area (Å²) in [7, 11) is 3.37. The van der Waals surface area contributed by atoms with E-state index in [0.29, 0.717) is 25.4 Å². The van der Waals surface area contributed by atoms with Gasteiger partial charge in [0.2, 0.25) is 5.91 Å². The van der Waals surface area contributed by atoms with Crippen molar-refractivity contribution in [1.29, 1.82) is 0 Å². The molecule has 1 aliphatic rings. The molecule has 0 saturated carbocycles. The van der Waals surface area contributed by atoms with Gasteiger partial charge in [-0.05, 0) is 31.8 Å². The molecule has 0 radical (unpaired) electrons. The summed E-state index contributed by atoms with van der Waals surface area (Å²) in [6, 6.07) is -0.138. The molecule has 1 atom stereocenters. The molecule has 3 amide bonds. The van der Waals surface area contributed by atoms with Crippen LogP contribution in [-0.4, -0.2) is 57.1 Å². The lowest BCUT2D eigenvalue weighted by atomic mass is 10.0. The number of urea groups is 1. The second-order valence-corrected chi connectivity index (χ2v) is 4.87. The molecule has 1 fully saturated rings. The van der Waals surface area contributed by atoms with Crippen LogP contribution >= 0.6 is 0 Å². The van der Waals surface area contributed by atoms with Crippen LogP contribution in [-0.2, 0) is 4.79 Å². The highest BCUT2D eigenvalue weighted by Gasteiger charge is 2.15. The fourth-order valence-electron chi connectivity index (χ4n) is 1.91. The van der Waals surface area contributed by atoms with Crippen LogP contribution in [0.3, 0.4) is 0 Å². The number of nitrogens with zero attached hydrogens (tertiary/aromatic N) is 1. The lowest BCUT2D eigenvalue weighted by Gasteiger charge is -2.12. The normalized spacial score (nSPS) is 18.4. The molecule has 0 aliphatic carbocycles. The van der Waals surface area contributed by atoms with Crippen molar-refractivity contribution < 1.29 is 9.59 Å². The summed E-state index contributed by atoms with van der Waals surface area (Å²) in [6.07, 6.45) is 2.70. The highest BCUT2D eigenvalue weighted by atomic mass is 16.2. The predicted molar refractivity (Wildman–Crippen MR) is 70.3 cm³/mol. The van der Waals surface area contributed by atoms with Gasteiger partial charge in [0.15, 0.2) is 0 Å². The van der Waals surface area contributed by atoms with E-state index in [1.807, 2.05) is 0 Å². The molecular formula is C12H24N4O2. The van der Waals surface area contributed by atoms with Crippen molar-refractivity contribution in [3.8, 4) is 0 Å². The Balaban J connectivity index is 1.97. The topological polar surface area (TPSA) is 73.5 Å². The third-order valence-electron chi connectivity index (χ3n) is 3.07. The Hall–Kier alpha value is -1.30. The van der Waals surface area contributed by atoms with E-state index in [4.69, 9.17) is 0 Å². The SMILES string of the molecule is CN(C)C(=O)NCCNC(=O)CCC1CCNC1. The van der Waals surface area contributed by atoms with Crippen LogP contribution < -0.4 is 16.0 Å². The Morgan fingerprint density at radius 3 is 2.61 bits per heavy atom. The third-order valence-corrected chi connectivity index (χ3v) is 3.07. The smallest absolute Gasteiger partial charge is 0.316 e. The molecule has 0 spiro atoms. The second-order valence-electron chi connectivity index (χ2n) is 4.87. The molecule has 1 rings (SSSR count). The minimum atomic E-state index is -0.138. The maximum atomic E-state index is 11.5. The Morgan fingerprint density at radius 1 is 1.28 bits per heavy atom. The van der Waals surface area contributed by atoms with E-state index in [1.165, 1.54) is 11.3 Å². The highest BCUT2D eigenvalue weighted by Crippen LogP contribution is 2.13. The first-order valence-corrected chi connectivity index (χ1v) is 6.52. The molecule has 1 heterocycles. The number of rotatable bonds is 6. The van der Waals surface area contributed by atoms with Crippen molar-refractivity contribution in [2.45, 2.75) is 19.3 Å². The van der Waals surface area contributed by atoms with Gasteiger partial charge in [-0.3, -0.25) is 4.79 Å². The van der Waals surface area contributed by atoms with Crippen LogP contribution in [0.15, 0.2) is 0 Å². The maximum Gasteiger partial charge on any atom is 0.316 e. The minimum absolute atomic E-state index is 0.0704. The summed E-state index contributed by atoms with van der Waals surface area (Å²) in [6.45, 7) is 3.06. The van der Waals surface area contributed by atoms with E-state index in [0.717, 1.165) is 19.5 Å². The summed E-state index contributed by atoms with van der Waals surface area (Å²) in [5.41, 5.74) is 0. The summed E-state index contributed by atoms with van der Waals surface area (Å²) < 4.78 is 0. The van der Waals surface area contributed by atoms with Gasteiger partial charge >= 0.3 is 6.03 Å². The minimum Gasteiger partial charge on any atom is -0.354 e. The average Bonchev–Trinajstić information content (AvgIpc) is 2.84. The van der Waals surface area contributed by atoms with Crippen LogP contribution in [0.2, 0.25) is 0 Å². The number of amides is 3. The van der Waals surface area contributed by atoms with Gasteiger partial charge < -0.3 is 20.9 Å². The quantitative estimate of drug-likeness (QED) is 0.574. The zero-order valence-electron chi connectivity index (χ0n) is 11.3. The second kappa shape index (κ2) is 7.92. The summed E-state index contributed by atoms with van der Waals surface area (Å²) >= 11 is 0. The van der Waals surface area contributed by atoms with Crippen molar-refractivity contribution >= 4 is 11.9 Å². The molecule has 0 aromatic carbocycles. The molecule has 0 aromatic heterocycles. The van der Waals surface area contributed by atoms with Gasteiger partial charge in [0.25, 0.3) is 0 Å². The van der Waals surface area contributed by atoms with Gasteiger partial charge in [0.05, 0.1) is 0 Å². The number of hydrogen-bond donors (Lipinski definition) is 3. The summed E-state index contributed by atoms with van der Waals surface area (Å²) in [5, 5.41) is 8.79. The van der Waals surface area contributed by atoms with Gasteiger partial charge in [0.1, 0.15) is 0 Å². The molecule has 1 unspecified atom stereocenters. The van der Waals surface area contributed by atoms with E-state index in [2.05, 4.69) is 16.0 Å². The fraction of sp³-hybridized carbons (Fsp3) is 0.833. The van der Waals surface area contributed by atoms with E-state index >= 15 is 0 Å². The molecule has 0 aromatic rings. The van der Waals surface area contributed by atoms with Crippen LogP contribution in [0, 0.1) is 5.92 Å². The molecule has 104 valence electrons. The van der Waals surface area contributed by atoms with Gasteiger partial charge in [-0.25, -0.2) is 4.79 Å². The molecule has 1 aliphatic heterocycles. The first-order valence-electron chi connectivity index (χ1n) is 6.52. The van der Waals surface area contributed by atoms with E-state index in [-0.39, 0.29) is 11.9 Å². The van der Waals surface area contributed by atoms with Gasteiger partial charge in [0, 0.05) is 33.6 Å². The predicted octanol–water partition coefficient (Wildman–Crippen LogP) is -0.236. The Kier molecular flexibility index (Phi) is 6.49. The van der Waals surface area contributed by atoms with Gasteiger partial charge in [-0.1, -0.05) is 0 Å². The lowest BCUT2D eigenvalue weighted by Crippen LogP contribution is -2.39. The largest absolute Gasteiger partial charge is 0.354 e. The monoisotopic (exact) mass is 256 g/mol. The number of hydrogen-bond acceptors (Lipinski definition) is 3. The van der Waals surface area contributed by atoms with E-state index in [1.54, 1.807) is 14.1 Å². The third kappa shape index (κ3) is 5.86. The van der Waals surface area contributed by atoms with Crippen molar-refractivity contribution in [3.63, 3.8) is 0 Å². The molecular weight excluding hydrogens is 232 g/mol. The number of nitrogens with one attached hydrogen (secondary N) is 3. The molecule has 18 heavy (non-hydrogen) atoms. The zero-order chi connectivity index (χ0) is 13.4. The van der Waals surface area contributed by atoms with Crippen LogP contribution in [0.25, 0.3) is 0 Å². The highest BCUT2D eigenvalue weighted by molar-refractivity contribution is 5.76. The number of carbonyl (C=O) groups is 2. The average molecular weight is 256 g/mol. The Bertz CT molecular complexity index is 275. The first-order chi connectivity index (χ1) is 8.59. The Labute approximate surface area is 108 Å². The molecule has 0 bridgehead atoms. The Morgan fingerprint density at radius 2 is 2.00 bits per heavy atom. The molecule has 3 N–H and O–H groups in total. The van der Waals surface area contributed by atoms with Crippen LogP contribution in [0.5, 0.6) is 0 Å². The van der Waals surface area contributed by atoms with Crippen molar-refractivity contribution in [2.75, 3.05) is 40.3 Å². The standard InChI is InChI=1S/C12H24N4O2/c1-16(2)12(18)15-8-7-14-11(17)4-3-10-5-6-13-9-10/h10,13H,3-9H2,1-2H3,(H,14,17)(H,15,18). The van der Waals surface area contributed by atoms with Gasteiger partial charge in [-0.2, -0.15) is 0 Å². The van der Waals surface area contributed by atoms with E-state index < -0.39 is 0 Å². The maximum absolute atomic E-state index is 11.5. The van der Waals surface area contributed by atoms with Crippen molar-refractivity contribution in [3.05, 3.63) is 0 Å². The lowest BCUT2D eigenvalue weighted by molar-refractivity contribution is -0.121. The fourth-order valence-corrected chi connectivity index (χ4v) is 1.91. The van der Waals surface area contributed by atoms with Crippen LogP contribution in [0.1, 0.15) is 19.3 Å². The van der Waals surface area contributed by atoms with Crippen molar-refractivity contribution in [1.82, 2.24) is 20.9 Å².